The summed E-state index contributed by atoms with van der Waals surface area (Å²) in [6.07, 6.45) is 1.45. The molecule has 0 spiro atoms. The fourth-order valence-electron chi connectivity index (χ4n) is 1.37. The molecule has 1 aromatic carbocycles. The van der Waals surface area contributed by atoms with E-state index in [9.17, 15) is 4.79 Å². The van der Waals surface area contributed by atoms with Crippen LogP contribution < -0.4 is 11.1 Å². The number of nitrogens with zero attached hydrogens (tertiary/aromatic N) is 1. The summed E-state index contributed by atoms with van der Waals surface area (Å²) in [7, 11) is 0. The van der Waals surface area contributed by atoms with E-state index in [-0.39, 0.29) is 5.91 Å². The molecule has 1 heterocycles. The van der Waals surface area contributed by atoms with Crippen molar-refractivity contribution in [1.82, 2.24) is 4.98 Å². The van der Waals surface area contributed by atoms with Gasteiger partial charge in [-0.25, -0.2) is 4.98 Å². The molecule has 0 saturated heterocycles. The molecule has 1 amide bonds. The average Bonchev–Trinajstić information content (AvgIpc) is 2.32. The molecule has 3 N–H and O–H groups in total. The number of carbonyl (C=O) groups is 1. The molecule has 0 radical (unpaired) electrons. The van der Waals surface area contributed by atoms with E-state index in [1.807, 2.05) is 0 Å². The third-order valence-corrected chi connectivity index (χ3v) is 2.69. The lowest BCUT2D eigenvalue weighted by Gasteiger charge is -2.07. The van der Waals surface area contributed by atoms with Crippen LogP contribution >= 0.6 is 23.2 Å². The molecule has 0 atom stereocenters. The summed E-state index contributed by atoms with van der Waals surface area (Å²) >= 11 is 11.5. The number of halogens is 2. The molecule has 92 valence electrons. The average molecular weight is 282 g/mol. The van der Waals surface area contributed by atoms with Gasteiger partial charge in [0.25, 0.3) is 5.91 Å². The molecule has 2 aromatic rings. The van der Waals surface area contributed by atoms with Crippen molar-refractivity contribution in [1.29, 1.82) is 0 Å². The van der Waals surface area contributed by atoms with E-state index in [4.69, 9.17) is 28.9 Å². The number of nitrogens with one attached hydrogen (secondary N) is 1. The lowest BCUT2D eigenvalue weighted by Crippen LogP contribution is -2.14. The zero-order valence-electron chi connectivity index (χ0n) is 9.15. The fraction of sp³-hybridized carbons (Fsp3) is 0. The second-order valence-electron chi connectivity index (χ2n) is 3.55. The van der Waals surface area contributed by atoms with Gasteiger partial charge in [0.15, 0.2) is 0 Å². The molecule has 4 nitrogen and oxygen atoms in total. The second kappa shape index (κ2) is 5.25. The molecule has 6 heteroatoms. The van der Waals surface area contributed by atoms with E-state index in [1.54, 1.807) is 24.3 Å². The van der Waals surface area contributed by atoms with E-state index in [1.165, 1.54) is 12.3 Å². The zero-order chi connectivity index (χ0) is 13.1. The standard InChI is InChI=1S/C12H9Cl2N3O/c13-7-1-3-9(10(15)5-7)12(18)17-11-4-2-8(14)6-16-11/h1-6H,15H2,(H,16,17,18). The van der Waals surface area contributed by atoms with Gasteiger partial charge in [-0.1, -0.05) is 23.2 Å². The number of benzene rings is 1. The third kappa shape index (κ3) is 2.91. The fourth-order valence-corrected chi connectivity index (χ4v) is 1.67. The minimum atomic E-state index is -0.348. The summed E-state index contributed by atoms with van der Waals surface area (Å²) in [5, 5.41) is 3.59. The van der Waals surface area contributed by atoms with Gasteiger partial charge >= 0.3 is 0 Å². The van der Waals surface area contributed by atoms with Gasteiger partial charge in [0.05, 0.1) is 10.6 Å². The normalized spacial score (nSPS) is 10.1. The monoisotopic (exact) mass is 281 g/mol. The molecule has 1 aromatic heterocycles. The van der Waals surface area contributed by atoms with Gasteiger partial charge in [-0.05, 0) is 30.3 Å². The predicted octanol–water partition coefficient (Wildman–Crippen LogP) is 3.22. The van der Waals surface area contributed by atoms with Gasteiger partial charge in [-0.2, -0.15) is 0 Å². The highest BCUT2D eigenvalue weighted by Crippen LogP contribution is 2.19. The number of nitrogen functional groups attached to an aromatic ring is 1. The largest absolute Gasteiger partial charge is 0.398 e. The van der Waals surface area contributed by atoms with Crippen molar-refractivity contribution in [3.63, 3.8) is 0 Å². The Kier molecular flexibility index (Phi) is 3.69. The Balaban J connectivity index is 2.19. The van der Waals surface area contributed by atoms with Crippen molar-refractivity contribution in [2.24, 2.45) is 0 Å². The Hall–Kier alpha value is -1.78. The third-order valence-electron chi connectivity index (χ3n) is 2.23. The maximum Gasteiger partial charge on any atom is 0.258 e. The van der Waals surface area contributed by atoms with Crippen LogP contribution in [-0.2, 0) is 0 Å². The van der Waals surface area contributed by atoms with Crippen LogP contribution in [0.15, 0.2) is 36.5 Å². The van der Waals surface area contributed by atoms with Gasteiger partial charge in [0, 0.05) is 16.9 Å². The minimum Gasteiger partial charge on any atom is -0.398 e. The van der Waals surface area contributed by atoms with Crippen LogP contribution in [0.25, 0.3) is 0 Å². The van der Waals surface area contributed by atoms with Crippen LogP contribution in [0, 0.1) is 0 Å². The molecule has 0 unspecified atom stereocenters. The van der Waals surface area contributed by atoms with Crippen LogP contribution in [0.2, 0.25) is 10.0 Å². The number of pyridine rings is 1. The van der Waals surface area contributed by atoms with Crippen molar-refractivity contribution >= 4 is 40.6 Å². The van der Waals surface area contributed by atoms with Gasteiger partial charge in [0.1, 0.15) is 5.82 Å². The quantitative estimate of drug-likeness (QED) is 0.831. The first kappa shape index (κ1) is 12.7. The summed E-state index contributed by atoms with van der Waals surface area (Å²) in [6, 6.07) is 7.92. The molecular weight excluding hydrogens is 273 g/mol. The van der Waals surface area contributed by atoms with Crippen molar-refractivity contribution in [3.05, 3.63) is 52.1 Å². The van der Waals surface area contributed by atoms with Crippen molar-refractivity contribution in [3.8, 4) is 0 Å². The first-order valence-corrected chi connectivity index (χ1v) is 5.80. The number of hydrogen-bond acceptors (Lipinski definition) is 3. The number of aromatic nitrogens is 1. The number of amides is 1. The van der Waals surface area contributed by atoms with E-state index >= 15 is 0 Å². The summed E-state index contributed by atoms with van der Waals surface area (Å²) < 4.78 is 0. The lowest BCUT2D eigenvalue weighted by molar-refractivity contribution is 0.102. The Morgan fingerprint density at radius 1 is 1.17 bits per heavy atom. The highest BCUT2D eigenvalue weighted by Gasteiger charge is 2.10. The molecule has 18 heavy (non-hydrogen) atoms. The van der Waals surface area contributed by atoms with E-state index in [2.05, 4.69) is 10.3 Å². The summed E-state index contributed by atoms with van der Waals surface area (Å²) in [4.78, 5) is 15.9. The number of carbonyl (C=O) groups excluding carboxylic acids is 1. The number of nitrogens with two attached hydrogens (primary N) is 1. The Labute approximate surface area is 114 Å². The van der Waals surface area contributed by atoms with Crippen LogP contribution in [0.3, 0.4) is 0 Å². The molecule has 0 aliphatic heterocycles. The molecule has 2 rings (SSSR count). The van der Waals surface area contributed by atoms with Crippen LogP contribution in [0.4, 0.5) is 11.5 Å². The SMILES string of the molecule is Nc1cc(Cl)ccc1C(=O)Nc1ccc(Cl)cn1. The first-order valence-electron chi connectivity index (χ1n) is 5.04. The van der Waals surface area contributed by atoms with Crippen molar-refractivity contribution < 1.29 is 4.79 Å². The van der Waals surface area contributed by atoms with Crippen molar-refractivity contribution in [2.45, 2.75) is 0 Å². The number of anilines is 2. The topological polar surface area (TPSA) is 68.0 Å². The predicted molar refractivity (Wildman–Crippen MR) is 73.1 cm³/mol. The summed E-state index contributed by atoms with van der Waals surface area (Å²) in [5.74, 6) is 0.0535. The van der Waals surface area contributed by atoms with Gasteiger partial charge < -0.3 is 11.1 Å². The van der Waals surface area contributed by atoms with Crippen molar-refractivity contribution in [2.75, 3.05) is 11.1 Å². The molecule has 0 aliphatic carbocycles. The van der Waals surface area contributed by atoms with E-state index < -0.39 is 0 Å². The van der Waals surface area contributed by atoms with Gasteiger partial charge in [-0.3, -0.25) is 4.79 Å². The summed E-state index contributed by atoms with van der Waals surface area (Å²) in [5.41, 5.74) is 6.37. The molecule has 0 bridgehead atoms. The molecule has 0 saturated carbocycles. The number of rotatable bonds is 2. The lowest BCUT2D eigenvalue weighted by atomic mass is 10.1. The Morgan fingerprint density at radius 3 is 2.50 bits per heavy atom. The van der Waals surface area contributed by atoms with E-state index in [0.717, 1.165) is 0 Å². The maximum atomic E-state index is 11.9. The maximum absolute atomic E-state index is 11.9. The first-order chi connectivity index (χ1) is 8.56. The van der Waals surface area contributed by atoms with Gasteiger partial charge in [0.2, 0.25) is 0 Å². The van der Waals surface area contributed by atoms with Gasteiger partial charge in [-0.15, -0.1) is 0 Å². The summed E-state index contributed by atoms with van der Waals surface area (Å²) in [6.45, 7) is 0. The van der Waals surface area contributed by atoms with Crippen LogP contribution in [-0.4, -0.2) is 10.9 Å². The van der Waals surface area contributed by atoms with Crippen LogP contribution in [0.1, 0.15) is 10.4 Å². The Morgan fingerprint density at radius 2 is 1.89 bits per heavy atom. The van der Waals surface area contributed by atoms with Crippen LogP contribution in [0.5, 0.6) is 0 Å². The zero-order valence-corrected chi connectivity index (χ0v) is 10.7. The minimum absolute atomic E-state index is 0.314. The Bertz CT molecular complexity index is 584. The second-order valence-corrected chi connectivity index (χ2v) is 4.42. The highest BCUT2D eigenvalue weighted by atomic mass is 35.5. The van der Waals surface area contributed by atoms with E-state index in [0.29, 0.717) is 27.1 Å². The molecule has 0 aliphatic rings. The highest BCUT2D eigenvalue weighted by molar-refractivity contribution is 6.31. The molecular formula is C12H9Cl2N3O. The number of hydrogen-bond donors (Lipinski definition) is 2. The molecule has 0 fully saturated rings. The smallest absolute Gasteiger partial charge is 0.258 e.